The zero-order valence-corrected chi connectivity index (χ0v) is 12.2. The van der Waals surface area contributed by atoms with Crippen molar-refractivity contribution in [1.82, 2.24) is 10.2 Å². The zero-order valence-electron chi connectivity index (χ0n) is 12.2. The highest BCUT2D eigenvalue weighted by Gasteiger charge is 2.15. The van der Waals surface area contributed by atoms with Gasteiger partial charge in [-0.15, -0.1) is 0 Å². The summed E-state index contributed by atoms with van der Waals surface area (Å²) in [5, 5.41) is 9.39. The quantitative estimate of drug-likeness (QED) is 0.746. The van der Waals surface area contributed by atoms with E-state index in [1.807, 2.05) is 42.6 Å². The van der Waals surface area contributed by atoms with Crippen LogP contribution < -0.4 is 10.6 Å². The number of nitrogen functional groups attached to an aromatic ring is 1. The molecule has 0 aliphatic rings. The molecule has 0 bridgehead atoms. The van der Waals surface area contributed by atoms with Crippen LogP contribution in [0.15, 0.2) is 54.7 Å². The Bertz CT molecular complexity index is 764. The average Bonchev–Trinajstić information content (AvgIpc) is 2.53. The first-order valence-electron chi connectivity index (χ1n) is 6.95. The van der Waals surface area contributed by atoms with E-state index in [2.05, 4.69) is 41.2 Å². The molecular weight excluding hydrogens is 260 g/mol. The molecule has 4 heteroatoms. The second kappa shape index (κ2) is 5.40. The fraction of sp³-hybridized carbons (Fsp3) is 0.176. The Morgan fingerprint density at radius 1 is 1.10 bits per heavy atom. The molecule has 21 heavy (non-hydrogen) atoms. The molecule has 1 unspecified atom stereocenters. The molecule has 1 heterocycles. The molecule has 3 aromatic rings. The molecule has 2 N–H and O–H groups in total. The number of benzene rings is 2. The fourth-order valence-corrected chi connectivity index (χ4v) is 2.52. The summed E-state index contributed by atoms with van der Waals surface area (Å²) in [5.74, 6) is 0. The van der Waals surface area contributed by atoms with Gasteiger partial charge in [0.2, 0.25) is 0 Å². The standard InChI is InChI=1S/C17H18N4/c1-12(13-6-5-7-14(18)10-13)21(2)17-11-19-20-16-9-4-3-8-15(16)17/h3-12H,18H2,1-2H3. The Kier molecular flexibility index (Phi) is 3.44. The Morgan fingerprint density at radius 3 is 2.71 bits per heavy atom. The van der Waals surface area contributed by atoms with Crippen LogP contribution in [0.1, 0.15) is 18.5 Å². The summed E-state index contributed by atoms with van der Waals surface area (Å²) in [6.45, 7) is 2.16. The normalized spacial score (nSPS) is 12.3. The van der Waals surface area contributed by atoms with Gasteiger partial charge in [0.05, 0.1) is 23.4 Å². The van der Waals surface area contributed by atoms with E-state index >= 15 is 0 Å². The van der Waals surface area contributed by atoms with Crippen molar-refractivity contribution < 1.29 is 0 Å². The summed E-state index contributed by atoms with van der Waals surface area (Å²) in [5.41, 5.74) is 9.82. The van der Waals surface area contributed by atoms with Crippen molar-refractivity contribution in [2.24, 2.45) is 0 Å². The molecule has 0 saturated heterocycles. The van der Waals surface area contributed by atoms with Crippen molar-refractivity contribution in [1.29, 1.82) is 0 Å². The summed E-state index contributed by atoms with van der Waals surface area (Å²) in [4.78, 5) is 2.20. The minimum absolute atomic E-state index is 0.195. The smallest absolute Gasteiger partial charge is 0.0950 e. The molecule has 2 aromatic carbocycles. The topological polar surface area (TPSA) is 55.0 Å². The van der Waals surface area contributed by atoms with Gasteiger partial charge in [-0.05, 0) is 30.7 Å². The van der Waals surface area contributed by atoms with Gasteiger partial charge in [0.1, 0.15) is 0 Å². The van der Waals surface area contributed by atoms with Gasteiger partial charge in [0.15, 0.2) is 0 Å². The molecule has 0 aliphatic carbocycles. The van der Waals surface area contributed by atoms with Gasteiger partial charge >= 0.3 is 0 Å². The van der Waals surface area contributed by atoms with Gasteiger partial charge < -0.3 is 10.6 Å². The lowest BCUT2D eigenvalue weighted by molar-refractivity contribution is 0.740. The largest absolute Gasteiger partial charge is 0.399 e. The lowest BCUT2D eigenvalue weighted by Gasteiger charge is -2.28. The predicted molar refractivity (Wildman–Crippen MR) is 87.2 cm³/mol. The summed E-state index contributed by atoms with van der Waals surface area (Å²) in [6, 6.07) is 16.2. The van der Waals surface area contributed by atoms with Crippen LogP contribution in [0.5, 0.6) is 0 Å². The first-order valence-corrected chi connectivity index (χ1v) is 6.95. The molecule has 1 aromatic heterocycles. The minimum Gasteiger partial charge on any atom is -0.399 e. The molecule has 1 atom stereocenters. The summed E-state index contributed by atoms with van der Waals surface area (Å²) >= 11 is 0. The summed E-state index contributed by atoms with van der Waals surface area (Å²) < 4.78 is 0. The molecule has 4 nitrogen and oxygen atoms in total. The number of aromatic nitrogens is 2. The number of fused-ring (bicyclic) bond motifs is 1. The van der Waals surface area contributed by atoms with Gasteiger partial charge in [-0.25, -0.2) is 0 Å². The van der Waals surface area contributed by atoms with Gasteiger partial charge in [-0.2, -0.15) is 10.2 Å². The third kappa shape index (κ3) is 2.52. The first kappa shape index (κ1) is 13.4. The van der Waals surface area contributed by atoms with E-state index in [9.17, 15) is 0 Å². The lowest BCUT2D eigenvalue weighted by Crippen LogP contribution is -2.22. The molecule has 0 fully saturated rings. The van der Waals surface area contributed by atoms with E-state index < -0.39 is 0 Å². The van der Waals surface area contributed by atoms with Crippen LogP contribution in [-0.4, -0.2) is 17.2 Å². The Balaban J connectivity index is 2.02. The molecule has 3 rings (SSSR count). The fourth-order valence-electron chi connectivity index (χ4n) is 2.52. The molecule has 106 valence electrons. The maximum atomic E-state index is 5.88. The van der Waals surface area contributed by atoms with Crippen LogP contribution in [0.4, 0.5) is 11.4 Å². The first-order chi connectivity index (χ1) is 10.2. The average molecular weight is 278 g/mol. The summed E-state index contributed by atoms with van der Waals surface area (Å²) in [6.07, 6.45) is 1.81. The van der Waals surface area contributed by atoms with Crippen molar-refractivity contribution in [2.45, 2.75) is 13.0 Å². The van der Waals surface area contributed by atoms with Crippen molar-refractivity contribution >= 4 is 22.3 Å². The van der Waals surface area contributed by atoms with Crippen molar-refractivity contribution in [3.05, 3.63) is 60.3 Å². The lowest BCUT2D eigenvalue weighted by atomic mass is 10.1. The second-order valence-electron chi connectivity index (χ2n) is 5.20. The zero-order chi connectivity index (χ0) is 14.8. The molecule has 0 amide bonds. The maximum absolute atomic E-state index is 5.88. The number of hydrogen-bond acceptors (Lipinski definition) is 4. The number of nitrogens with two attached hydrogens (primary N) is 1. The number of nitrogens with zero attached hydrogens (tertiary/aromatic N) is 3. The van der Waals surface area contributed by atoms with Gasteiger partial charge in [0.25, 0.3) is 0 Å². The monoisotopic (exact) mass is 278 g/mol. The van der Waals surface area contributed by atoms with Crippen LogP contribution in [0.2, 0.25) is 0 Å². The van der Waals surface area contributed by atoms with E-state index in [1.165, 1.54) is 5.56 Å². The molecule has 0 spiro atoms. The Morgan fingerprint density at radius 2 is 1.90 bits per heavy atom. The molecule has 0 radical (unpaired) electrons. The second-order valence-corrected chi connectivity index (χ2v) is 5.20. The van der Waals surface area contributed by atoms with E-state index in [4.69, 9.17) is 5.73 Å². The highest BCUT2D eigenvalue weighted by Crippen LogP contribution is 2.30. The molecular formula is C17H18N4. The highest BCUT2D eigenvalue weighted by molar-refractivity contribution is 5.90. The predicted octanol–water partition coefficient (Wildman–Crippen LogP) is 3.41. The number of anilines is 2. The third-order valence-electron chi connectivity index (χ3n) is 3.88. The van der Waals surface area contributed by atoms with Gasteiger partial charge in [-0.3, -0.25) is 0 Å². The maximum Gasteiger partial charge on any atom is 0.0950 e. The van der Waals surface area contributed by atoms with Crippen LogP contribution in [-0.2, 0) is 0 Å². The van der Waals surface area contributed by atoms with Crippen LogP contribution in [0.3, 0.4) is 0 Å². The third-order valence-corrected chi connectivity index (χ3v) is 3.88. The van der Waals surface area contributed by atoms with Crippen LogP contribution in [0, 0.1) is 0 Å². The summed E-state index contributed by atoms with van der Waals surface area (Å²) in [7, 11) is 2.07. The van der Waals surface area contributed by atoms with Crippen LogP contribution in [0.25, 0.3) is 10.9 Å². The van der Waals surface area contributed by atoms with Crippen molar-refractivity contribution in [3.8, 4) is 0 Å². The van der Waals surface area contributed by atoms with E-state index in [1.54, 1.807) is 0 Å². The van der Waals surface area contributed by atoms with Crippen LogP contribution >= 0.6 is 0 Å². The van der Waals surface area contributed by atoms with E-state index in [0.717, 1.165) is 22.3 Å². The number of hydrogen-bond donors (Lipinski definition) is 1. The Hall–Kier alpha value is -2.62. The number of rotatable bonds is 3. The van der Waals surface area contributed by atoms with Crippen molar-refractivity contribution in [2.75, 3.05) is 17.7 Å². The van der Waals surface area contributed by atoms with E-state index in [-0.39, 0.29) is 6.04 Å². The minimum atomic E-state index is 0.195. The van der Waals surface area contributed by atoms with Gasteiger partial charge in [0, 0.05) is 18.1 Å². The Labute approximate surface area is 124 Å². The van der Waals surface area contributed by atoms with Crippen molar-refractivity contribution in [3.63, 3.8) is 0 Å². The van der Waals surface area contributed by atoms with E-state index in [0.29, 0.717) is 0 Å². The SMILES string of the molecule is CC(c1cccc(N)c1)N(C)c1cnnc2ccccc12. The van der Waals surface area contributed by atoms with Gasteiger partial charge in [-0.1, -0.05) is 30.3 Å². The molecule has 0 aliphatic heterocycles. The molecule has 0 saturated carbocycles. The highest BCUT2D eigenvalue weighted by atomic mass is 15.2.